The summed E-state index contributed by atoms with van der Waals surface area (Å²) >= 11 is 0. The number of aryl methyl sites for hydroxylation is 1. The maximum Gasteiger partial charge on any atom is 0.237 e. The van der Waals surface area contributed by atoms with Gasteiger partial charge in [-0.05, 0) is 30.7 Å². The van der Waals surface area contributed by atoms with Crippen molar-refractivity contribution in [2.24, 2.45) is 5.10 Å². The van der Waals surface area contributed by atoms with Crippen LogP contribution in [-0.2, 0) is 0 Å². The number of hydrogen-bond donors (Lipinski definition) is 1. The molecule has 0 fully saturated rings. The molecule has 0 spiro atoms. The van der Waals surface area contributed by atoms with Gasteiger partial charge in [-0.25, -0.2) is 0 Å². The summed E-state index contributed by atoms with van der Waals surface area (Å²) in [6.45, 7) is 1.91. The molecule has 21 heavy (non-hydrogen) atoms. The molecule has 0 saturated heterocycles. The first-order valence-corrected chi connectivity index (χ1v) is 6.21. The highest BCUT2D eigenvalue weighted by Crippen LogP contribution is 2.32. The van der Waals surface area contributed by atoms with Crippen LogP contribution in [0, 0.1) is 29.6 Å². The molecule has 0 saturated carbocycles. The molecule has 102 valence electrons. The first kappa shape index (κ1) is 14.1. The normalized spacial score (nSPS) is 9.10. The maximum absolute atomic E-state index is 8.69. The second-order valence-electron chi connectivity index (χ2n) is 4.16. The minimum atomic E-state index is -0.248. The van der Waals surface area contributed by atoms with Gasteiger partial charge in [0.1, 0.15) is 17.9 Å². The van der Waals surface area contributed by atoms with Gasteiger partial charge in [-0.3, -0.25) is 5.43 Å². The van der Waals surface area contributed by atoms with Crippen LogP contribution in [0.2, 0.25) is 0 Å². The predicted molar refractivity (Wildman–Crippen MR) is 80.0 cm³/mol. The summed E-state index contributed by atoms with van der Waals surface area (Å²) in [6, 6.07) is 18.2. The van der Waals surface area contributed by atoms with Crippen molar-refractivity contribution in [2.45, 2.75) is 6.92 Å². The molecule has 5 nitrogen and oxygen atoms in total. The van der Waals surface area contributed by atoms with Gasteiger partial charge in [0.2, 0.25) is 5.71 Å². The number of rotatable bonds is 4. The zero-order valence-corrected chi connectivity index (χ0v) is 11.4. The Morgan fingerprint density at radius 1 is 1.05 bits per heavy atom. The lowest BCUT2D eigenvalue weighted by atomic mass is 10.2. The van der Waals surface area contributed by atoms with Crippen LogP contribution in [0.5, 0.6) is 11.5 Å². The van der Waals surface area contributed by atoms with Crippen molar-refractivity contribution < 1.29 is 4.74 Å². The highest BCUT2D eigenvalue weighted by Gasteiger charge is 2.08. The Balaban J connectivity index is 2.31. The number of nitrogens with zero attached hydrogens (tertiary/aromatic N) is 3. The summed E-state index contributed by atoms with van der Waals surface area (Å²) in [7, 11) is 0. The van der Waals surface area contributed by atoms with Gasteiger partial charge in [0.05, 0.1) is 5.69 Å². The number of anilines is 1. The van der Waals surface area contributed by atoms with E-state index in [1.54, 1.807) is 18.2 Å². The van der Waals surface area contributed by atoms with Gasteiger partial charge >= 0.3 is 0 Å². The van der Waals surface area contributed by atoms with Gasteiger partial charge < -0.3 is 4.74 Å². The number of ether oxygens (including phenoxy) is 1. The van der Waals surface area contributed by atoms with E-state index < -0.39 is 0 Å². The van der Waals surface area contributed by atoms with Crippen LogP contribution in [0.3, 0.4) is 0 Å². The number of nitriles is 2. The van der Waals surface area contributed by atoms with Crippen LogP contribution < -0.4 is 10.2 Å². The number of para-hydroxylation sites is 2. The fraction of sp³-hybridized carbons (Fsp3) is 0.0625. The number of benzene rings is 2. The third-order valence-corrected chi connectivity index (χ3v) is 2.67. The highest BCUT2D eigenvalue weighted by atomic mass is 16.5. The van der Waals surface area contributed by atoms with E-state index in [2.05, 4.69) is 10.5 Å². The minimum absolute atomic E-state index is 0.248. The third-order valence-electron chi connectivity index (χ3n) is 2.67. The van der Waals surface area contributed by atoms with E-state index in [1.165, 1.54) is 0 Å². The lowest BCUT2D eigenvalue weighted by Crippen LogP contribution is -1.99. The zero-order chi connectivity index (χ0) is 15.1. The van der Waals surface area contributed by atoms with E-state index in [0.717, 1.165) is 5.56 Å². The Labute approximate surface area is 122 Å². The van der Waals surface area contributed by atoms with Crippen molar-refractivity contribution in [1.82, 2.24) is 0 Å². The van der Waals surface area contributed by atoms with Gasteiger partial charge in [-0.2, -0.15) is 15.6 Å². The molecular weight excluding hydrogens is 264 g/mol. The third kappa shape index (κ3) is 3.59. The van der Waals surface area contributed by atoms with Crippen molar-refractivity contribution in [3.8, 4) is 23.6 Å². The SMILES string of the molecule is Cc1cccc(NN=C(C#N)C#N)c1Oc1ccccc1. The average Bonchev–Trinajstić information content (AvgIpc) is 2.52. The number of nitrogens with one attached hydrogen (secondary N) is 1. The summed E-state index contributed by atoms with van der Waals surface area (Å²) in [5.74, 6) is 1.29. The predicted octanol–water partition coefficient (Wildman–Crippen LogP) is 3.60. The van der Waals surface area contributed by atoms with E-state index in [1.807, 2.05) is 49.4 Å². The van der Waals surface area contributed by atoms with Crippen LogP contribution in [0.15, 0.2) is 53.6 Å². The summed E-state index contributed by atoms with van der Waals surface area (Å²) in [6.07, 6.45) is 0. The van der Waals surface area contributed by atoms with Crippen molar-refractivity contribution in [3.05, 3.63) is 54.1 Å². The van der Waals surface area contributed by atoms with E-state index in [-0.39, 0.29) is 5.71 Å². The monoisotopic (exact) mass is 276 g/mol. The molecule has 0 aliphatic heterocycles. The van der Waals surface area contributed by atoms with Gasteiger partial charge in [-0.1, -0.05) is 30.3 Å². The quantitative estimate of drug-likeness (QED) is 0.683. The molecule has 0 heterocycles. The number of hydrogen-bond acceptors (Lipinski definition) is 5. The lowest BCUT2D eigenvalue weighted by Gasteiger charge is -2.13. The van der Waals surface area contributed by atoms with Crippen LogP contribution in [0.1, 0.15) is 5.56 Å². The van der Waals surface area contributed by atoms with Crippen molar-refractivity contribution in [1.29, 1.82) is 10.5 Å². The summed E-state index contributed by atoms with van der Waals surface area (Å²) in [5.41, 5.74) is 3.94. The lowest BCUT2D eigenvalue weighted by molar-refractivity contribution is 0.481. The molecular formula is C16H12N4O. The highest BCUT2D eigenvalue weighted by molar-refractivity contribution is 6.10. The maximum atomic E-state index is 8.69. The Kier molecular flexibility index (Phi) is 4.53. The summed E-state index contributed by atoms with van der Waals surface area (Å²) in [5, 5.41) is 21.1. The van der Waals surface area contributed by atoms with Gasteiger partial charge in [0, 0.05) is 0 Å². The van der Waals surface area contributed by atoms with Crippen LogP contribution in [0.25, 0.3) is 0 Å². The summed E-state index contributed by atoms with van der Waals surface area (Å²) < 4.78 is 5.84. The standard InChI is InChI=1S/C16H12N4O/c1-12-6-5-9-15(20-19-13(10-17)11-18)16(12)21-14-7-3-2-4-8-14/h2-9,20H,1H3. The molecule has 0 aliphatic rings. The Hall–Kier alpha value is -3.31. The molecule has 2 rings (SSSR count). The number of hydrazone groups is 1. The second kappa shape index (κ2) is 6.74. The topological polar surface area (TPSA) is 81.2 Å². The Morgan fingerprint density at radius 2 is 1.76 bits per heavy atom. The molecule has 2 aromatic rings. The van der Waals surface area contributed by atoms with Gasteiger partial charge in [0.15, 0.2) is 5.75 Å². The molecule has 0 radical (unpaired) electrons. The van der Waals surface area contributed by atoms with Crippen LogP contribution in [0.4, 0.5) is 5.69 Å². The smallest absolute Gasteiger partial charge is 0.237 e. The van der Waals surface area contributed by atoms with Gasteiger partial charge in [-0.15, -0.1) is 0 Å². The molecule has 0 bridgehead atoms. The Bertz CT molecular complexity index is 723. The molecule has 0 unspecified atom stereocenters. The van der Waals surface area contributed by atoms with Crippen molar-refractivity contribution >= 4 is 11.4 Å². The summed E-state index contributed by atoms with van der Waals surface area (Å²) in [4.78, 5) is 0. The first-order chi connectivity index (χ1) is 10.2. The van der Waals surface area contributed by atoms with E-state index in [4.69, 9.17) is 15.3 Å². The molecule has 2 aromatic carbocycles. The fourth-order valence-electron chi connectivity index (χ4n) is 1.67. The van der Waals surface area contributed by atoms with Crippen molar-refractivity contribution in [2.75, 3.05) is 5.43 Å². The van der Waals surface area contributed by atoms with E-state index in [0.29, 0.717) is 17.2 Å². The molecule has 0 aliphatic carbocycles. The minimum Gasteiger partial charge on any atom is -0.455 e. The van der Waals surface area contributed by atoms with E-state index in [9.17, 15) is 0 Å². The largest absolute Gasteiger partial charge is 0.455 e. The fourth-order valence-corrected chi connectivity index (χ4v) is 1.67. The first-order valence-electron chi connectivity index (χ1n) is 6.21. The molecule has 0 amide bonds. The Morgan fingerprint density at radius 3 is 2.43 bits per heavy atom. The van der Waals surface area contributed by atoms with Gasteiger partial charge in [0.25, 0.3) is 0 Å². The van der Waals surface area contributed by atoms with Crippen LogP contribution >= 0.6 is 0 Å². The molecule has 1 N–H and O–H groups in total. The molecule has 0 aromatic heterocycles. The molecule has 5 heteroatoms. The second-order valence-corrected chi connectivity index (χ2v) is 4.16. The van der Waals surface area contributed by atoms with Crippen molar-refractivity contribution in [3.63, 3.8) is 0 Å². The molecule has 0 atom stereocenters. The van der Waals surface area contributed by atoms with Crippen LogP contribution in [-0.4, -0.2) is 5.71 Å². The van der Waals surface area contributed by atoms with E-state index >= 15 is 0 Å². The average molecular weight is 276 g/mol. The zero-order valence-electron chi connectivity index (χ0n) is 11.4.